The third-order valence-corrected chi connectivity index (χ3v) is 6.28. The Balaban J connectivity index is 1.34. The van der Waals surface area contributed by atoms with E-state index in [0.29, 0.717) is 12.1 Å². The molecule has 3 rings (SSSR count). The van der Waals surface area contributed by atoms with Crippen molar-refractivity contribution in [3.05, 3.63) is 0 Å². The molecular formula is C19H35N3O2. The van der Waals surface area contributed by atoms with Crippen LogP contribution in [0.5, 0.6) is 0 Å². The predicted octanol–water partition coefficient (Wildman–Crippen LogP) is 2.80. The van der Waals surface area contributed by atoms with E-state index in [0.717, 1.165) is 64.6 Å². The molecule has 5 heteroatoms. The minimum absolute atomic E-state index is 0.255. The normalized spacial score (nSPS) is 30.3. The van der Waals surface area contributed by atoms with Crippen molar-refractivity contribution in [1.29, 1.82) is 0 Å². The van der Waals surface area contributed by atoms with Gasteiger partial charge >= 0.3 is 6.03 Å². The van der Waals surface area contributed by atoms with Crippen molar-refractivity contribution >= 4 is 6.03 Å². The van der Waals surface area contributed by atoms with Gasteiger partial charge in [-0.15, -0.1) is 0 Å². The van der Waals surface area contributed by atoms with Crippen LogP contribution < -0.4 is 0 Å². The van der Waals surface area contributed by atoms with Crippen LogP contribution in [0.2, 0.25) is 0 Å². The van der Waals surface area contributed by atoms with E-state index >= 15 is 0 Å². The Hall–Kier alpha value is -0.810. The van der Waals surface area contributed by atoms with Crippen molar-refractivity contribution in [3.8, 4) is 0 Å². The summed E-state index contributed by atoms with van der Waals surface area (Å²) in [7, 11) is 0. The van der Waals surface area contributed by atoms with Crippen molar-refractivity contribution in [2.24, 2.45) is 5.92 Å². The van der Waals surface area contributed by atoms with Gasteiger partial charge in [0.25, 0.3) is 0 Å². The summed E-state index contributed by atoms with van der Waals surface area (Å²) in [4.78, 5) is 18.9. The Morgan fingerprint density at radius 1 is 1.04 bits per heavy atom. The zero-order chi connectivity index (χ0) is 16.9. The molecule has 2 atom stereocenters. The van der Waals surface area contributed by atoms with Crippen molar-refractivity contribution in [3.63, 3.8) is 0 Å². The lowest BCUT2D eigenvalue weighted by molar-refractivity contribution is -0.0170. The van der Waals surface area contributed by atoms with Crippen molar-refractivity contribution < 1.29 is 9.53 Å². The Kier molecular flexibility index (Phi) is 6.39. The quantitative estimate of drug-likeness (QED) is 0.748. The van der Waals surface area contributed by atoms with Gasteiger partial charge in [-0.2, -0.15) is 0 Å². The van der Waals surface area contributed by atoms with E-state index < -0.39 is 0 Å². The third-order valence-electron chi connectivity index (χ3n) is 6.28. The molecule has 0 spiro atoms. The second kappa shape index (κ2) is 8.52. The van der Waals surface area contributed by atoms with E-state index in [4.69, 9.17) is 4.74 Å². The molecule has 138 valence electrons. The average molecular weight is 338 g/mol. The number of hydrogen-bond acceptors (Lipinski definition) is 3. The van der Waals surface area contributed by atoms with Gasteiger partial charge in [0.2, 0.25) is 0 Å². The highest BCUT2D eigenvalue weighted by Gasteiger charge is 2.34. The number of rotatable bonds is 6. The van der Waals surface area contributed by atoms with Crippen LogP contribution in [0.3, 0.4) is 0 Å². The molecular weight excluding hydrogens is 302 g/mol. The zero-order valence-electron chi connectivity index (χ0n) is 15.6. The highest BCUT2D eigenvalue weighted by Crippen LogP contribution is 2.26. The van der Waals surface area contributed by atoms with Crippen molar-refractivity contribution in [1.82, 2.24) is 14.7 Å². The van der Waals surface area contributed by atoms with Gasteiger partial charge in [0.05, 0.1) is 12.7 Å². The summed E-state index contributed by atoms with van der Waals surface area (Å²) in [5.41, 5.74) is 0. The largest absolute Gasteiger partial charge is 0.377 e. The SMILES string of the molecule is CCN1CCN(C2CCN(CCO[C@H]3CCCC[C@@H]3C)CC2)C1=O. The molecule has 2 saturated heterocycles. The number of piperidine rings is 1. The molecule has 0 aromatic carbocycles. The van der Waals surface area contributed by atoms with Crippen LogP contribution in [-0.4, -0.2) is 78.8 Å². The van der Waals surface area contributed by atoms with Crippen LogP contribution >= 0.6 is 0 Å². The highest BCUT2D eigenvalue weighted by molar-refractivity contribution is 5.76. The van der Waals surface area contributed by atoms with Crippen molar-refractivity contribution in [2.75, 3.05) is 45.9 Å². The smallest absolute Gasteiger partial charge is 0.320 e. The molecule has 1 aliphatic carbocycles. The fourth-order valence-corrected chi connectivity index (χ4v) is 4.55. The molecule has 0 unspecified atom stereocenters. The molecule has 0 radical (unpaired) electrons. The van der Waals surface area contributed by atoms with Gasteiger partial charge in [-0.05, 0) is 38.5 Å². The lowest BCUT2D eigenvalue weighted by atomic mass is 9.88. The molecule has 0 aromatic rings. The number of likely N-dealkylation sites (N-methyl/N-ethyl adjacent to an activating group) is 1. The molecule has 2 aliphatic heterocycles. The molecule has 2 amide bonds. The topological polar surface area (TPSA) is 36.0 Å². The maximum Gasteiger partial charge on any atom is 0.320 e. The van der Waals surface area contributed by atoms with Gasteiger partial charge < -0.3 is 19.4 Å². The van der Waals surface area contributed by atoms with Gasteiger partial charge in [-0.1, -0.05) is 19.8 Å². The van der Waals surface area contributed by atoms with Gasteiger partial charge in [-0.25, -0.2) is 4.79 Å². The molecule has 0 N–H and O–H groups in total. The summed E-state index contributed by atoms with van der Waals surface area (Å²) in [6.45, 7) is 11.2. The van der Waals surface area contributed by atoms with Gasteiger partial charge in [0.1, 0.15) is 0 Å². The summed E-state index contributed by atoms with van der Waals surface area (Å²) in [5.74, 6) is 0.729. The van der Waals surface area contributed by atoms with Crippen LogP contribution in [0.15, 0.2) is 0 Å². The minimum atomic E-state index is 0.255. The molecule has 0 bridgehead atoms. The maximum absolute atomic E-state index is 12.3. The fraction of sp³-hybridized carbons (Fsp3) is 0.947. The summed E-state index contributed by atoms with van der Waals surface area (Å²) in [6.07, 6.45) is 7.99. The van der Waals surface area contributed by atoms with Gasteiger partial charge in [0.15, 0.2) is 0 Å². The van der Waals surface area contributed by atoms with Crippen LogP contribution in [0, 0.1) is 5.92 Å². The number of urea groups is 1. The molecule has 3 fully saturated rings. The third kappa shape index (κ3) is 4.23. The molecule has 2 heterocycles. The number of carbonyl (C=O) groups is 1. The van der Waals surface area contributed by atoms with Crippen molar-refractivity contribution in [2.45, 2.75) is 64.5 Å². The summed E-state index contributed by atoms with van der Waals surface area (Å²) >= 11 is 0. The van der Waals surface area contributed by atoms with Gasteiger partial charge in [-0.3, -0.25) is 0 Å². The maximum atomic E-state index is 12.3. The molecule has 0 aromatic heterocycles. The van der Waals surface area contributed by atoms with Gasteiger partial charge in [0, 0.05) is 45.3 Å². The molecule has 3 aliphatic rings. The standard InChI is InChI=1S/C19H35N3O2/c1-3-21-12-13-22(19(21)23)17-8-10-20(11-9-17)14-15-24-18-7-5-4-6-16(18)2/h16-18H,3-15H2,1-2H3/t16-,18-/m0/s1. The lowest BCUT2D eigenvalue weighted by Crippen LogP contribution is -2.47. The molecule has 24 heavy (non-hydrogen) atoms. The van der Waals surface area contributed by atoms with E-state index in [1.54, 1.807) is 0 Å². The Labute approximate surface area is 147 Å². The fourth-order valence-electron chi connectivity index (χ4n) is 4.55. The van der Waals surface area contributed by atoms with E-state index in [2.05, 4.69) is 23.6 Å². The predicted molar refractivity (Wildman–Crippen MR) is 96.2 cm³/mol. The van der Waals surface area contributed by atoms with Crippen LogP contribution in [-0.2, 0) is 4.74 Å². The van der Waals surface area contributed by atoms with E-state index in [1.807, 2.05) is 4.90 Å². The number of carbonyl (C=O) groups excluding carboxylic acids is 1. The Morgan fingerprint density at radius 3 is 2.46 bits per heavy atom. The summed E-state index contributed by atoms with van der Waals surface area (Å²) in [5, 5.41) is 0. The minimum Gasteiger partial charge on any atom is -0.377 e. The van der Waals surface area contributed by atoms with Crippen LogP contribution in [0.1, 0.15) is 52.4 Å². The average Bonchev–Trinajstić information content (AvgIpc) is 2.98. The first-order valence-corrected chi connectivity index (χ1v) is 10.1. The number of ether oxygens (including phenoxy) is 1. The first-order chi connectivity index (χ1) is 11.7. The van der Waals surface area contributed by atoms with Crippen LogP contribution in [0.25, 0.3) is 0 Å². The summed E-state index contributed by atoms with van der Waals surface area (Å²) < 4.78 is 6.16. The lowest BCUT2D eigenvalue weighted by Gasteiger charge is -2.37. The van der Waals surface area contributed by atoms with E-state index in [9.17, 15) is 4.79 Å². The number of hydrogen-bond donors (Lipinski definition) is 0. The number of likely N-dealkylation sites (tertiary alicyclic amines) is 1. The highest BCUT2D eigenvalue weighted by atomic mass is 16.5. The molecule has 5 nitrogen and oxygen atoms in total. The van der Waals surface area contributed by atoms with Crippen LogP contribution in [0.4, 0.5) is 4.79 Å². The zero-order valence-corrected chi connectivity index (χ0v) is 15.6. The first kappa shape index (κ1) is 18.0. The van der Waals surface area contributed by atoms with E-state index in [1.165, 1.54) is 25.7 Å². The van der Waals surface area contributed by atoms with E-state index in [-0.39, 0.29) is 6.03 Å². The Morgan fingerprint density at radius 2 is 1.79 bits per heavy atom. The first-order valence-electron chi connectivity index (χ1n) is 10.1. The number of amides is 2. The molecule has 1 saturated carbocycles. The second-order valence-electron chi connectivity index (χ2n) is 7.80. The Bertz CT molecular complexity index is 409. The number of nitrogens with zero attached hydrogens (tertiary/aromatic N) is 3. The second-order valence-corrected chi connectivity index (χ2v) is 7.80. The summed E-state index contributed by atoms with van der Waals surface area (Å²) in [6, 6.07) is 0.704. The monoisotopic (exact) mass is 337 g/mol.